The maximum absolute atomic E-state index is 11.9. The standard InChI is InChI=1S/C17H22N2O3/c1-5-13-7-9-14(10-8-13)15(20)18-11-6-12-19-16(21)22-17(2,3)4/h1,7-10H,6,11-12H2,2-4H3,(H,18,20)(H,19,21). The first-order valence-electron chi connectivity index (χ1n) is 7.13. The molecule has 0 heterocycles. The van der Waals surface area contributed by atoms with Gasteiger partial charge in [0.1, 0.15) is 5.60 Å². The molecule has 0 aliphatic heterocycles. The summed E-state index contributed by atoms with van der Waals surface area (Å²) in [7, 11) is 0. The van der Waals surface area contributed by atoms with Crippen LogP contribution in [0.1, 0.15) is 43.1 Å². The molecule has 0 saturated carbocycles. The van der Waals surface area contributed by atoms with E-state index in [4.69, 9.17) is 11.2 Å². The van der Waals surface area contributed by atoms with Gasteiger partial charge < -0.3 is 15.4 Å². The lowest BCUT2D eigenvalue weighted by molar-refractivity contribution is 0.0527. The molecule has 5 heteroatoms. The minimum absolute atomic E-state index is 0.166. The molecule has 0 spiro atoms. The van der Waals surface area contributed by atoms with Gasteiger partial charge in [0.15, 0.2) is 0 Å². The summed E-state index contributed by atoms with van der Waals surface area (Å²) in [5.41, 5.74) is 0.778. The maximum atomic E-state index is 11.9. The first-order valence-corrected chi connectivity index (χ1v) is 7.13. The lowest BCUT2D eigenvalue weighted by atomic mass is 10.1. The quantitative estimate of drug-likeness (QED) is 0.648. The van der Waals surface area contributed by atoms with E-state index in [1.807, 2.05) is 0 Å². The van der Waals surface area contributed by atoms with Crippen molar-refractivity contribution in [2.24, 2.45) is 0 Å². The zero-order valence-corrected chi connectivity index (χ0v) is 13.2. The fourth-order valence-electron chi connectivity index (χ4n) is 1.61. The van der Waals surface area contributed by atoms with Gasteiger partial charge in [0.05, 0.1) is 0 Å². The predicted molar refractivity (Wildman–Crippen MR) is 85.6 cm³/mol. The van der Waals surface area contributed by atoms with Crippen LogP contribution < -0.4 is 10.6 Å². The van der Waals surface area contributed by atoms with E-state index in [0.29, 0.717) is 25.1 Å². The van der Waals surface area contributed by atoms with E-state index in [1.165, 1.54) is 0 Å². The highest BCUT2D eigenvalue weighted by molar-refractivity contribution is 5.94. The third kappa shape index (κ3) is 6.80. The van der Waals surface area contributed by atoms with Gasteiger partial charge in [0, 0.05) is 24.2 Å². The van der Waals surface area contributed by atoms with Gasteiger partial charge >= 0.3 is 6.09 Å². The largest absolute Gasteiger partial charge is 0.444 e. The number of ether oxygens (including phenoxy) is 1. The summed E-state index contributed by atoms with van der Waals surface area (Å²) < 4.78 is 5.10. The number of carbonyl (C=O) groups excluding carboxylic acids is 2. The summed E-state index contributed by atoms with van der Waals surface area (Å²) in [6.45, 7) is 6.31. The smallest absolute Gasteiger partial charge is 0.407 e. The fourth-order valence-corrected chi connectivity index (χ4v) is 1.61. The molecule has 0 atom stereocenters. The van der Waals surface area contributed by atoms with Crippen LogP contribution in [-0.4, -0.2) is 30.7 Å². The van der Waals surface area contributed by atoms with Crippen LogP contribution in [0.2, 0.25) is 0 Å². The lowest BCUT2D eigenvalue weighted by Crippen LogP contribution is -2.34. The molecule has 22 heavy (non-hydrogen) atoms. The Labute approximate surface area is 131 Å². The average molecular weight is 302 g/mol. The van der Waals surface area contributed by atoms with Crippen LogP contribution in [0.4, 0.5) is 4.79 Å². The molecule has 1 rings (SSSR count). The molecular formula is C17H22N2O3. The average Bonchev–Trinajstić information content (AvgIpc) is 2.45. The number of hydrogen-bond acceptors (Lipinski definition) is 3. The molecule has 118 valence electrons. The molecule has 0 saturated heterocycles. The van der Waals surface area contributed by atoms with Gasteiger partial charge in [-0.1, -0.05) is 5.92 Å². The van der Waals surface area contributed by atoms with E-state index >= 15 is 0 Å². The van der Waals surface area contributed by atoms with E-state index in [9.17, 15) is 9.59 Å². The van der Waals surface area contributed by atoms with Gasteiger partial charge in [-0.3, -0.25) is 4.79 Å². The molecule has 1 aromatic rings. The summed E-state index contributed by atoms with van der Waals surface area (Å²) in [6.07, 6.45) is 5.42. The van der Waals surface area contributed by atoms with E-state index in [2.05, 4.69) is 16.6 Å². The lowest BCUT2D eigenvalue weighted by Gasteiger charge is -2.19. The van der Waals surface area contributed by atoms with Crippen molar-refractivity contribution in [1.29, 1.82) is 0 Å². The van der Waals surface area contributed by atoms with Crippen LogP contribution in [0.5, 0.6) is 0 Å². The number of terminal acetylenes is 1. The van der Waals surface area contributed by atoms with Crippen LogP contribution in [0.15, 0.2) is 24.3 Å². The molecule has 2 N–H and O–H groups in total. The van der Waals surface area contributed by atoms with E-state index < -0.39 is 11.7 Å². The molecule has 0 bridgehead atoms. The van der Waals surface area contributed by atoms with Crippen LogP contribution >= 0.6 is 0 Å². The van der Waals surface area contributed by atoms with Crippen LogP contribution in [-0.2, 0) is 4.74 Å². The summed E-state index contributed by atoms with van der Waals surface area (Å²) in [5, 5.41) is 5.41. The molecule has 0 unspecified atom stereocenters. The van der Waals surface area contributed by atoms with Crippen molar-refractivity contribution in [1.82, 2.24) is 10.6 Å². The SMILES string of the molecule is C#Cc1ccc(C(=O)NCCCNC(=O)OC(C)(C)C)cc1. The second-order valence-electron chi connectivity index (χ2n) is 5.76. The van der Waals surface area contributed by atoms with Crippen LogP contribution in [0.3, 0.4) is 0 Å². The second-order valence-corrected chi connectivity index (χ2v) is 5.76. The molecular weight excluding hydrogens is 280 g/mol. The molecule has 0 aromatic heterocycles. The monoisotopic (exact) mass is 302 g/mol. The molecule has 0 aliphatic rings. The number of benzene rings is 1. The number of nitrogens with one attached hydrogen (secondary N) is 2. The highest BCUT2D eigenvalue weighted by Gasteiger charge is 2.15. The second kappa shape index (κ2) is 8.08. The predicted octanol–water partition coefficient (Wildman–Crippen LogP) is 2.31. The van der Waals surface area contributed by atoms with Gasteiger partial charge in [0.2, 0.25) is 0 Å². The highest BCUT2D eigenvalue weighted by Crippen LogP contribution is 2.06. The Morgan fingerprint density at radius 3 is 2.27 bits per heavy atom. The number of carbonyl (C=O) groups is 2. The van der Waals surface area contributed by atoms with Gasteiger partial charge in [-0.15, -0.1) is 6.42 Å². The van der Waals surface area contributed by atoms with Crippen molar-refractivity contribution in [3.05, 3.63) is 35.4 Å². The van der Waals surface area contributed by atoms with Gasteiger partial charge in [0.25, 0.3) is 5.91 Å². The third-order valence-electron chi connectivity index (χ3n) is 2.62. The highest BCUT2D eigenvalue weighted by atomic mass is 16.6. The van der Waals surface area contributed by atoms with E-state index in [1.54, 1.807) is 45.0 Å². The molecule has 0 fully saturated rings. The molecule has 1 aromatic carbocycles. The van der Waals surface area contributed by atoms with Crippen molar-refractivity contribution in [2.45, 2.75) is 32.8 Å². The van der Waals surface area contributed by atoms with E-state index in [-0.39, 0.29) is 5.91 Å². The summed E-state index contributed by atoms with van der Waals surface area (Å²) in [6, 6.07) is 6.81. The first kappa shape index (κ1) is 17.6. The Morgan fingerprint density at radius 1 is 1.14 bits per heavy atom. The Kier molecular flexibility index (Phi) is 6.46. The number of hydrogen-bond donors (Lipinski definition) is 2. The zero-order valence-electron chi connectivity index (χ0n) is 13.2. The zero-order chi connectivity index (χ0) is 16.6. The van der Waals surface area contributed by atoms with Crippen LogP contribution in [0.25, 0.3) is 0 Å². The van der Waals surface area contributed by atoms with Gasteiger partial charge in [-0.05, 0) is 51.5 Å². The van der Waals surface area contributed by atoms with Gasteiger partial charge in [-0.25, -0.2) is 4.79 Å². The summed E-state index contributed by atoms with van der Waals surface area (Å²) in [4.78, 5) is 23.3. The van der Waals surface area contributed by atoms with E-state index in [0.717, 1.165) is 5.56 Å². The van der Waals surface area contributed by atoms with Crippen molar-refractivity contribution in [2.75, 3.05) is 13.1 Å². The Bertz CT molecular complexity index is 551. The minimum atomic E-state index is -0.511. The summed E-state index contributed by atoms with van der Waals surface area (Å²) in [5.74, 6) is 2.33. The Morgan fingerprint density at radius 2 is 1.73 bits per heavy atom. The Hall–Kier alpha value is -2.48. The number of alkyl carbamates (subject to hydrolysis) is 1. The first-order chi connectivity index (χ1) is 10.3. The minimum Gasteiger partial charge on any atom is -0.444 e. The molecule has 0 radical (unpaired) electrons. The molecule has 0 aliphatic carbocycles. The third-order valence-corrected chi connectivity index (χ3v) is 2.62. The number of rotatable bonds is 5. The number of amides is 2. The fraction of sp³-hybridized carbons (Fsp3) is 0.412. The van der Waals surface area contributed by atoms with Crippen molar-refractivity contribution in [3.8, 4) is 12.3 Å². The van der Waals surface area contributed by atoms with Crippen molar-refractivity contribution in [3.63, 3.8) is 0 Å². The molecule has 2 amide bonds. The van der Waals surface area contributed by atoms with Crippen LogP contribution in [0, 0.1) is 12.3 Å². The molecule has 5 nitrogen and oxygen atoms in total. The summed E-state index contributed by atoms with van der Waals surface area (Å²) >= 11 is 0. The normalized spacial score (nSPS) is 10.5. The maximum Gasteiger partial charge on any atom is 0.407 e. The Balaban J connectivity index is 2.23. The van der Waals surface area contributed by atoms with Crippen molar-refractivity contribution < 1.29 is 14.3 Å². The topological polar surface area (TPSA) is 67.4 Å². The van der Waals surface area contributed by atoms with Crippen molar-refractivity contribution >= 4 is 12.0 Å². The van der Waals surface area contributed by atoms with Gasteiger partial charge in [-0.2, -0.15) is 0 Å².